The van der Waals surface area contributed by atoms with E-state index in [0.717, 1.165) is 22.0 Å². The molecule has 1 amide bonds. The molecule has 4 aromatic rings. The molecule has 0 aliphatic carbocycles. The lowest BCUT2D eigenvalue weighted by Crippen LogP contribution is -2.15. The van der Waals surface area contributed by atoms with Crippen molar-refractivity contribution in [1.82, 2.24) is 19.7 Å². The molecule has 1 N–H and O–H groups in total. The van der Waals surface area contributed by atoms with Crippen LogP contribution in [-0.2, 0) is 7.05 Å². The van der Waals surface area contributed by atoms with Crippen LogP contribution in [0, 0.1) is 0 Å². The summed E-state index contributed by atoms with van der Waals surface area (Å²) >= 11 is 2.96. The predicted octanol–water partition coefficient (Wildman–Crippen LogP) is 3.92. The van der Waals surface area contributed by atoms with Crippen molar-refractivity contribution in [2.75, 3.05) is 5.32 Å². The molecule has 0 bridgehead atoms. The number of pyridine rings is 1. The summed E-state index contributed by atoms with van der Waals surface area (Å²) in [5.74, 6) is -0.236. The molecule has 0 unspecified atom stereocenters. The lowest BCUT2D eigenvalue weighted by molar-refractivity contribution is 0.101. The van der Waals surface area contributed by atoms with E-state index >= 15 is 0 Å². The predicted molar refractivity (Wildman–Crippen MR) is 99.8 cm³/mol. The third-order valence-electron chi connectivity index (χ3n) is 3.54. The number of rotatable bonds is 4. The highest BCUT2D eigenvalue weighted by Crippen LogP contribution is 2.26. The first-order chi connectivity index (χ1) is 12.2. The molecule has 0 atom stereocenters. The molecule has 124 valence electrons. The van der Waals surface area contributed by atoms with E-state index in [1.165, 1.54) is 11.3 Å². The molecule has 0 saturated carbocycles. The SMILES string of the molecule is Cn1nc(-c2cccs2)cc1C(=O)Nc1nc(-c2ccccn2)cs1. The van der Waals surface area contributed by atoms with Crippen LogP contribution < -0.4 is 5.32 Å². The van der Waals surface area contributed by atoms with Gasteiger partial charge in [-0.25, -0.2) is 4.98 Å². The summed E-state index contributed by atoms with van der Waals surface area (Å²) in [5, 5.41) is 11.6. The molecule has 4 rings (SSSR count). The number of aryl methyl sites for hydroxylation is 1. The average Bonchev–Trinajstić information content (AvgIpc) is 3.35. The minimum absolute atomic E-state index is 0.236. The number of thiophene rings is 1. The summed E-state index contributed by atoms with van der Waals surface area (Å²) in [6.07, 6.45) is 1.72. The quantitative estimate of drug-likeness (QED) is 0.593. The van der Waals surface area contributed by atoms with Gasteiger partial charge in [-0.05, 0) is 29.6 Å². The van der Waals surface area contributed by atoms with Crippen LogP contribution in [0.5, 0.6) is 0 Å². The van der Waals surface area contributed by atoms with E-state index in [0.29, 0.717) is 10.8 Å². The van der Waals surface area contributed by atoms with Gasteiger partial charge in [0.05, 0.1) is 10.6 Å². The van der Waals surface area contributed by atoms with Crippen molar-refractivity contribution in [1.29, 1.82) is 0 Å². The minimum Gasteiger partial charge on any atom is -0.296 e. The third kappa shape index (κ3) is 3.21. The Bertz CT molecular complexity index is 1010. The van der Waals surface area contributed by atoms with Crippen LogP contribution in [0.15, 0.2) is 53.4 Å². The maximum Gasteiger partial charge on any atom is 0.275 e. The fourth-order valence-electron chi connectivity index (χ4n) is 2.35. The molecule has 0 aliphatic heterocycles. The summed E-state index contributed by atoms with van der Waals surface area (Å²) in [6, 6.07) is 11.4. The van der Waals surface area contributed by atoms with E-state index in [1.807, 2.05) is 41.1 Å². The maximum absolute atomic E-state index is 12.5. The first kappa shape index (κ1) is 15.7. The van der Waals surface area contributed by atoms with Crippen LogP contribution in [0.4, 0.5) is 5.13 Å². The number of thiazole rings is 1. The summed E-state index contributed by atoms with van der Waals surface area (Å²) in [7, 11) is 1.76. The average molecular weight is 367 g/mol. The topological polar surface area (TPSA) is 72.7 Å². The van der Waals surface area contributed by atoms with Crippen molar-refractivity contribution in [2.24, 2.45) is 7.05 Å². The molecule has 0 radical (unpaired) electrons. The van der Waals surface area contributed by atoms with Crippen LogP contribution in [0.3, 0.4) is 0 Å². The number of nitrogens with one attached hydrogen (secondary N) is 1. The second kappa shape index (κ2) is 6.58. The Labute approximate surface area is 151 Å². The van der Waals surface area contributed by atoms with Gasteiger partial charge >= 0.3 is 0 Å². The molecular weight excluding hydrogens is 354 g/mol. The van der Waals surface area contributed by atoms with Gasteiger partial charge in [-0.15, -0.1) is 22.7 Å². The van der Waals surface area contributed by atoms with Crippen LogP contribution in [0.25, 0.3) is 22.0 Å². The van der Waals surface area contributed by atoms with E-state index in [9.17, 15) is 4.79 Å². The van der Waals surface area contributed by atoms with Gasteiger partial charge < -0.3 is 0 Å². The van der Waals surface area contributed by atoms with Gasteiger partial charge in [-0.1, -0.05) is 12.1 Å². The van der Waals surface area contributed by atoms with Gasteiger partial charge in [0.2, 0.25) is 0 Å². The highest BCUT2D eigenvalue weighted by atomic mass is 32.1. The highest BCUT2D eigenvalue weighted by molar-refractivity contribution is 7.14. The first-order valence-electron chi connectivity index (χ1n) is 7.47. The van der Waals surface area contributed by atoms with Crippen molar-refractivity contribution in [3.63, 3.8) is 0 Å². The van der Waals surface area contributed by atoms with Gasteiger partial charge in [-0.2, -0.15) is 5.10 Å². The Morgan fingerprint density at radius 3 is 2.80 bits per heavy atom. The molecule has 4 heterocycles. The van der Waals surface area contributed by atoms with Crippen molar-refractivity contribution in [2.45, 2.75) is 0 Å². The monoisotopic (exact) mass is 367 g/mol. The number of carbonyl (C=O) groups is 1. The van der Waals surface area contributed by atoms with E-state index in [4.69, 9.17) is 0 Å². The number of amides is 1. The van der Waals surface area contributed by atoms with Gasteiger partial charge in [-0.3, -0.25) is 19.8 Å². The van der Waals surface area contributed by atoms with E-state index in [2.05, 4.69) is 20.4 Å². The lowest BCUT2D eigenvalue weighted by atomic mass is 10.3. The Morgan fingerprint density at radius 2 is 2.04 bits per heavy atom. The van der Waals surface area contributed by atoms with Gasteiger partial charge in [0.15, 0.2) is 5.13 Å². The van der Waals surface area contributed by atoms with Crippen molar-refractivity contribution in [3.05, 3.63) is 59.0 Å². The maximum atomic E-state index is 12.5. The Morgan fingerprint density at radius 1 is 1.12 bits per heavy atom. The molecule has 6 nitrogen and oxygen atoms in total. The zero-order chi connectivity index (χ0) is 17.2. The molecule has 0 fully saturated rings. The Hall–Kier alpha value is -2.84. The summed E-state index contributed by atoms with van der Waals surface area (Å²) < 4.78 is 1.58. The molecule has 0 spiro atoms. The van der Waals surface area contributed by atoms with Gasteiger partial charge in [0.25, 0.3) is 5.91 Å². The van der Waals surface area contributed by atoms with Crippen LogP contribution in [-0.4, -0.2) is 25.7 Å². The first-order valence-corrected chi connectivity index (χ1v) is 9.23. The molecule has 0 saturated heterocycles. The number of hydrogen-bond acceptors (Lipinski definition) is 6. The fourth-order valence-corrected chi connectivity index (χ4v) is 3.73. The molecule has 25 heavy (non-hydrogen) atoms. The Kier molecular flexibility index (Phi) is 4.12. The third-order valence-corrected chi connectivity index (χ3v) is 5.19. The smallest absolute Gasteiger partial charge is 0.275 e. The number of carbonyl (C=O) groups excluding carboxylic acids is 1. The fraction of sp³-hybridized carbons (Fsp3) is 0.0588. The van der Waals surface area contributed by atoms with Crippen LogP contribution in [0.2, 0.25) is 0 Å². The molecular formula is C17H13N5OS2. The van der Waals surface area contributed by atoms with Crippen LogP contribution >= 0.6 is 22.7 Å². The zero-order valence-electron chi connectivity index (χ0n) is 13.2. The largest absolute Gasteiger partial charge is 0.296 e. The Balaban J connectivity index is 1.54. The minimum atomic E-state index is -0.236. The highest BCUT2D eigenvalue weighted by Gasteiger charge is 2.16. The van der Waals surface area contributed by atoms with Crippen molar-refractivity contribution in [3.8, 4) is 22.0 Å². The summed E-state index contributed by atoms with van der Waals surface area (Å²) in [4.78, 5) is 22.3. The van der Waals surface area contributed by atoms with Crippen molar-refractivity contribution >= 4 is 33.7 Å². The standard InChI is InChI=1S/C17H13N5OS2/c1-22-14(9-12(21-22)15-6-4-8-24-15)16(23)20-17-19-13(10-25-17)11-5-2-3-7-18-11/h2-10H,1H3,(H,19,20,23). The molecule has 8 heteroatoms. The molecule has 0 aliphatic rings. The molecule has 0 aromatic carbocycles. The zero-order valence-corrected chi connectivity index (χ0v) is 14.8. The second-order valence-corrected chi connectivity index (χ2v) is 7.03. The van der Waals surface area contributed by atoms with Crippen molar-refractivity contribution < 1.29 is 4.79 Å². The second-order valence-electron chi connectivity index (χ2n) is 5.22. The van der Waals surface area contributed by atoms with Gasteiger partial charge in [0, 0.05) is 18.6 Å². The van der Waals surface area contributed by atoms with Gasteiger partial charge in [0.1, 0.15) is 17.1 Å². The number of nitrogens with zero attached hydrogens (tertiary/aromatic N) is 4. The number of anilines is 1. The van der Waals surface area contributed by atoms with E-state index in [1.54, 1.807) is 35.3 Å². The number of hydrogen-bond donors (Lipinski definition) is 1. The number of aromatic nitrogens is 4. The summed E-state index contributed by atoms with van der Waals surface area (Å²) in [6.45, 7) is 0. The lowest BCUT2D eigenvalue weighted by Gasteiger charge is -2.01. The van der Waals surface area contributed by atoms with E-state index < -0.39 is 0 Å². The van der Waals surface area contributed by atoms with E-state index in [-0.39, 0.29) is 5.91 Å². The summed E-state index contributed by atoms with van der Waals surface area (Å²) in [5.41, 5.74) is 2.79. The normalized spacial score (nSPS) is 10.8. The van der Waals surface area contributed by atoms with Crippen LogP contribution in [0.1, 0.15) is 10.5 Å². The molecule has 4 aromatic heterocycles.